The molecule has 3 nitrogen and oxygen atoms in total. The summed E-state index contributed by atoms with van der Waals surface area (Å²) < 4.78 is 11.9. The van der Waals surface area contributed by atoms with Gasteiger partial charge in [-0.1, -0.05) is 11.6 Å². The molecule has 0 aromatic heterocycles. The number of rotatable bonds is 6. The van der Waals surface area contributed by atoms with Crippen LogP contribution in [0.1, 0.15) is 5.56 Å². The molecule has 0 radical (unpaired) electrons. The summed E-state index contributed by atoms with van der Waals surface area (Å²) in [6.07, 6.45) is 1.85. The van der Waals surface area contributed by atoms with E-state index in [0.717, 1.165) is 8.96 Å². The third-order valence-electron chi connectivity index (χ3n) is 2.05. The maximum atomic E-state index is 6.13. The molecule has 1 aromatic rings. The molecule has 6 heteroatoms. The number of halogens is 3. The van der Waals surface area contributed by atoms with Gasteiger partial charge in [-0.05, 0) is 56.5 Å². The van der Waals surface area contributed by atoms with E-state index in [-0.39, 0.29) is 0 Å². The van der Waals surface area contributed by atoms with Crippen molar-refractivity contribution in [2.45, 2.75) is 6.92 Å². The average molecular weight is 400 g/mol. The fourth-order valence-electron chi connectivity index (χ4n) is 1.33. The standard InChI is InChI=1S/C12H14Br2ClNO2/c1-8-6-9(17-4-2-11(13)14)7-10(15)12(8)18-5-3-16/h2,6-7H,3-5,16H2,1H3. The molecule has 0 aliphatic heterocycles. The van der Waals surface area contributed by atoms with Gasteiger partial charge in [0, 0.05) is 12.6 Å². The highest BCUT2D eigenvalue weighted by Gasteiger charge is 2.08. The molecule has 0 heterocycles. The molecule has 0 saturated carbocycles. The Balaban J connectivity index is 2.76. The summed E-state index contributed by atoms with van der Waals surface area (Å²) in [5.74, 6) is 1.36. The second-order valence-electron chi connectivity index (χ2n) is 3.49. The summed E-state index contributed by atoms with van der Waals surface area (Å²) in [5, 5.41) is 0.528. The van der Waals surface area contributed by atoms with Gasteiger partial charge in [-0.25, -0.2) is 0 Å². The SMILES string of the molecule is Cc1cc(OCC=C(Br)Br)cc(Cl)c1OCCN. The van der Waals surface area contributed by atoms with E-state index in [0.29, 0.717) is 36.3 Å². The van der Waals surface area contributed by atoms with Crippen molar-refractivity contribution in [3.8, 4) is 11.5 Å². The zero-order valence-corrected chi connectivity index (χ0v) is 13.8. The quantitative estimate of drug-likeness (QED) is 0.787. The van der Waals surface area contributed by atoms with Gasteiger partial charge in [0.15, 0.2) is 0 Å². The number of aryl methyl sites for hydroxylation is 1. The third kappa shape index (κ3) is 5.18. The molecule has 0 aliphatic rings. The minimum absolute atomic E-state index is 0.444. The molecule has 0 amide bonds. The lowest BCUT2D eigenvalue weighted by Gasteiger charge is -2.12. The molecule has 18 heavy (non-hydrogen) atoms. The molecular weight excluding hydrogens is 385 g/mol. The lowest BCUT2D eigenvalue weighted by molar-refractivity contribution is 0.324. The van der Waals surface area contributed by atoms with Crippen LogP contribution in [0.2, 0.25) is 5.02 Å². The maximum Gasteiger partial charge on any atom is 0.141 e. The Kier molecular flexibility index (Phi) is 7.07. The van der Waals surface area contributed by atoms with E-state index in [9.17, 15) is 0 Å². The smallest absolute Gasteiger partial charge is 0.141 e. The molecule has 100 valence electrons. The molecule has 0 fully saturated rings. The molecule has 0 spiro atoms. The summed E-state index contributed by atoms with van der Waals surface area (Å²) in [6, 6.07) is 3.62. The molecule has 0 saturated heterocycles. The van der Waals surface area contributed by atoms with Gasteiger partial charge in [-0.15, -0.1) is 0 Å². The van der Waals surface area contributed by atoms with Gasteiger partial charge in [0.2, 0.25) is 0 Å². The Labute approximate surface area is 129 Å². The molecular formula is C12H14Br2ClNO2. The van der Waals surface area contributed by atoms with E-state index in [1.54, 1.807) is 6.07 Å². The predicted octanol–water partition coefficient (Wildman–Crippen LogP) is 4.00. The summed E-state index contributed by atoms with van der Waals surface area (Å²) in [6.45, 7) is 3.27. The van der Waals surface area contributed by atoms with Crippen LogP contribution < -0.4 is 15.2 Å². The summed E-state index contributed by atoms with van der Waals surface area (Å²) in [7, 11) is 0. The summed E-state index contributed by atoms with van der Waals surface area (Å²) in [4.78, 5) is 0. The maximum absolute atomic E-state index is 6.13. The molecule has 1 rings (SSSR count). The van der Waals surface area contributed by atoms with Crippen molar-refractivity contribution in [2.75, 3.05) is 19.8 Å². The average Bonchev–Trinajstić information content (AvgIpc) is 2.27. The number of hydrogen-bond donors (Lipinski definition) is 1. The number of ether oxygens (including phenoxy) is 2. The molecule has 0 bridgehead atoms. The van der Waals surface area contributed by atoms with Gasteiger partial charge >= 0.3 is 0 Å². The zero-order valence-electron chi connectivity index (χ0n) is 9.88. The summed E-state index contributed by atoms with van der Waals surface area (Å²) in [5.41, 5.74) is 6.32. The Hall–Kier alpha value is -0.230. The van der Waals surface area contributed by atoms with Crippen LogP contribution in [-0.4, -0.2) is 19.8 Å². The van der Waals surface area contributed by atoms with E-state index < -0.39 is 0 Å². The van der Waals surface area contributed by atoms with Crippen LogP contribution in [0, 0.1) is 6.92 Å². The fraction of sp³-hybridized carbons (Fsp3) is 0.333. The van der Waals surface area contributed by atoms with E-state index in [2.05, 4.69) is 31.9 Å². The highest BCUT2D eigenvalue weighted by Crippen LogP contribution is 2.33. The number of hydrogen-bond acceptors (Lipinski definition) is 3. The topological polar surface area (TPSA) is 44.5 Å². The Morgan fingerprint density at radius 1 is 1.39 bits per heavy atom. The van der Waals surface area contributed by atoms with Gasteiger partial charge in [0.05, 0.1) is 8.41 Å². The third-order valence-corrected chi connectivity index (χ3v) is 2.98. The Morgan fingerprint density at radius 2 is 2.11 bits per heavy atom. The van der Waals surface area contributed by atoms with Crippen molar-refractivity contribution in [1.29, 1.82) is 0 Å². The first-order valence-electron chi connectivity index (χ1n) is 5.31. The summed E-state index contributed by atoms with van der Waals surface area (Å²) >= 11 is 12.6. The molecule has 0 aliphatic carbocycles. The van der Waals surface area contributed by atoms with Crippen molar-refractivity contribution >= 4 is 43.5 Å². The first kappa shape index (κ1) is 15.8. The van der Waals surface area contributed by atoms with Crippen LogP contribution in [-0.2, 0) is 0 Å². The molecule has 1 aromatic carbocycles. The van der Waals surface area contributed by atoms with E-state index in [1.807, 2.05) is 19.1 Å². The number of benzene rings is 1. The van der Waals surface area contributed by atoms with Gasteiger partial charge in [0.1, 0.15) is 24.7 Å². The van der Waals surface area contributed by atoms with Gasteiger partial charge in [0.25, 0.3) is 0 Å². The van der Waals surface area contributed by atoms with Crippen LogP contribution in [0.4, 0.5) is 0 Å². The van der Waals surface area contributed by atoms with E-state index in [4.69, 9.17) is 26.8 Å². The van der Waals surface area contributed by atoms with Crippen molar-refractivity contribution in [2.24, 2.45) is 5.73 Å². The first-order chi connectivity index (χ1) is 8.54. The Morgan fingerprint density at radius 3 is 2.67 bits per heavy atom. The van der Waals surface area contributed by atoms with Gasteiger partial charge in [-0.2, -0.15) is 0 Å². The minimum atomic E-state index is 0.444. The van der Waals surface area contributed by atoms with Crippen LogP contribution in [0.25, 0.3) is 0 Å². The predicted molar refractivity (Wildman–Crippen MR) is 82.2 cm³/mol. The molecule has 0 atom stereocenters. The van der Waals surface area contributed by atoms with Crippen molar-refractivity contribution in [3.05, 3.63) is 32.2 Å². The van der Waals surface area contributed by atoms with Gasteiger partial charge < -0.3 is 15.2 Å². The largest absolute Gasteiger partial charge is 0.490 e. The zero-order chi connectivity index (χ0) is 13.5. The lowest BCUT2D eigenvalue weighted by Crippen LogP contribution is -2.11. The first-order valence-corrected chi connectivity index (χ1v) is 7.28. The van der Waals surface area contributed by atoms with Crippen LogP contribution >= 0.6 is 43.5 Å². The van der Waals surface area contributed by atoms with Crippen molar-refractivity contribution in [1.82, 2.24) is 0 Å². The molecule has 2 N–H and O–H groups in total. The van der Waals surface area contributed by atoms with Crippen LogP contribution in [0.5, 0.6) is 11.5 Å². The normalized spacial score (nSPS) is 10.1. The van der Waals surface area contributed by atoms with Crippen molar-refractivity contribution in [3.63, 3.8) is 0 Å². The van der Waals surface area contributed by atoms with Crippen LogP contribution in [0.15, 0.2) is 21.6 Å². The fourth-order valence-corrected chi connectivity index (χ4v) is 1.90. The number of nitrogens with two attached hydrogens (primary N) is 1. The minimum Gasteiger partial charge on any atom is -0.490 e. The van der Waals surface area contributed by atoms with Crippen molar-refractivity contribution < 1.29 is 9.47 Å². The Bertz CT molecular complexity index is 411. The highest BCUT2D eigenvalue weighted by molar-refractivity contribution is 9.28. The van der Waals surface area contributed by atoms with E-state index >= 15 is 0 Å². The molecule has 0 unspecified atom stereocenters. The second kappa shape index (κ2) is 8.04. The lowest BCUT2D eigenvalue weighted by atomic mass is 10.2. The highest BCUT2D eigenvalue weighted by atomic mass is 79.9. The second-order valence-corrected chi connectivity index (χ2v) is 6.67. The monoisotopic (exact) mass is 397 g/mol. The van der Waals surface area contributed by atoms with E-state index in [1.165, 1.54) is 0 Å². The van der Waals surface area contributed by atoms with Crippen LogP contribution in [0.3, 0.4) is 0 Å². The van der Waals surface area contributed by atoms with Gasteiger partial charge in [-0.3, -0.25) is 0 Å².